The zero-order valence-corrected chi connectivity index (χ0v) is 10.9. The number of rotatable bonds is 3. The molecular formula is C12H10N6O3. The number of aromatic nitrogens is 3. The second kappa shape index (κ2) is 4.80. The van der Waals surface area contributed by atoms with E-state index in [1.54, 1.807) is 19.1 Å². The van der Waals surface area contributed by atoms with Gasteiger partial charge in [-0.3, -0.25) is 15.5 Å². The molecule has 2 heterocycles. The molecule has 0 aliphatic heterocycles. The number of fused-ring (bicyclic) bond motifs is 1. The van der Waals surface area contributed by atoms with Gasteiger partial charge in [0.25, 0.3) is 11.4 Å². The minimum absolute atomic E-state index is 0.000418. The van der Waals surface area contributed by atoms with Crippen LogP contribution in [0.1, 0.15) is 5.69 Å². The molecule has 0 aliphatic rings. The first-order valence-corrected chi connectivity index (χ1v) is 5.95. The maximum absolute atomic E-state index is 10.6. The van der Waals surface area contributed by atoms with Crippen molar-refractivity contribution in [1.82, 2.24) is 15.0 Å². The summed E-state index contributed by atoms with van der Waals surface area (Å²) in [6.07, 6.45) is 0. The van der Waals surface area contributed by atoms with Gasteiger partial charge in [-0.25, -0.2) is 15.8 Å². The monoisotopic (exact) mass is 286 g/mol. The van der Waals surface area contributed by atoms with E-state index in [1.165, 1.54) is 12.1 Å². The Labute approximate surface area is 118 Å². The molecule has 9 heteroatoms. The first-order chi connectivity index (χ1) is 10.1. The summed E-state index contributed by atoms with van der Waals surface area (Å²) in [7, 11) is 0. The number of nitro benzene ring substituents is 1. The van der Waals surface area contributed by atoms with E-state index in [4.69, 9.17) is 10.3 Å². The summed E-state index contributed by atoms with van der Waals surface area (Å²) in [4.78, 5) is 22.6. The van der Waals surface area contributed by atoms with E-state index < -0.39 is 4.92 Å². The first-order valence-electron chi connectivity index (χ1n) is 5.95. The van der Waals surface area contributed by atoms with Crippen LogP contribution in [0.25, 0.3) is 22.7 Å². The van der Waals surface area contributed by atoms with Crippen LogP contribution in [0.15, 0.2) is 28.7 Å². The SMILES string of the molecule is Cc1nc(NN)nc2oc(-c3ccc([N+](=O)[O-])cc3)nc12. The van der Waals surface area contributed by atoms with E-state index >= 15 is 0 Å². The van der Waals surface area contributed by atoms with Crippen LogP contribution in [0.5, 0.6) is 0 Å². The molecule has 0 atom stereocenters. The molecular weight excluding hydrogens is 276 g/mol. The number of nitrogen functional groups attached to an aromatic ring is 1. The largest absolute Gasteiger partial charge is 0.417 e. The number of nitro groups is 1. The predicted molar refractivity (Wildman–Crippen MR) is 74.2 cm³/mol. The van der Waals surface area contributed by atoms with E-state index in [0.29, 0.717) is 28.4 Å². The van der Waals surface area contributed by atoms with Crippen molar-refractivity contribution in [3.8, 4) is 11.5 Å². The molecule has 0 fully saturated rings. The average Bonchev–Trinajstić information content (AvgIpc) is 2.91. The van der Waals surface area contributed by atoms with Crippen LogP contribution in [0, 0.1) is 17.0 Å². The van der Waals surface area contributed by atoms with Gasteiger partial charge in [-0.15, -0.1) is 0 Å². The molecule has 106 valence electrons. The molecule has 0 radical (unpaired) electrons. The standard InChI is InChI=1S/C12H10N6O3/c1-6-9-11(16-12(14-6)17-13)21-10(15-9)7-2-4-8(5-3-7)18(19)20/h2-5H,13H2,1H3,(H,14,16,17). The van der Waals surface area contributed by atoms with Crippen molar-refractivity contribution in [3.05, 3.63) is 40.1 Å². The summed E-state index contributed by atoms with van der Waals surface area (Å²) in [5, 5.41) is 10.6. The van der Waals surface area contributed by atoms with Crippen LogP contribution in [0.3, 0.4) is 0 Å². The fraction of sp³-hybridized carbons (Fsp3) is 0.0833. The third-order valence-electron chi connectivity index (χ3n) is 2.89. The Morgan fingerprint density at radius 2 is 1.95 bits per heavy atom. The molecule has 0 saturated carbocycles. The second-order valence-corrected chi connectivity index (χ2v) is 4.25. The van der Waals surface area contributed by atoms with E-state index in [2.05, 4.69) is 20.4 Å². The Bertz CT molecular complexity index is 827. The number of hydrazine groups is 1. The minimum atomic E-state index is -0.468. The zero-order chi connectivity index (χ0) is 15.0. The topological polar surface area (TPSA) is 133 Å². The normalized spacial score (nSPS) is 10.8. The van der Waals surface area contributed by atoms with Crippen LogP contribution in [0.2, 0.25) is 0 Å². The third kappa shape index (κ3) is 2.25. The van der Waals surface area contributed by atoms with E-state index in [0.717, 1.165) is 0 Å². The lowest BCUT2D eigenvalue weighted by atomic mass is 10.2. The highest BCUT2D eigenvalue weighted by atomic mass is 16.6. The van der Waals surface area contributed by atoms with Crippen LogP contribution < -0.4 is 11.3 Å². The number of hydrogen-bond acceptors (Lipinski definition) is 8. The van der Waals surface area contributed by atoms with Gasteiger partial charge in [-0.1, -0.05) is 0 Å². The van der Waals surface area contributed by atoms with Gasteiger partial charge in [0.15, 0.2) is 5.52 Å². The highest BCUT2D eigenvalue weighted by Gasteiger charge is 2.14. The number of oxazole rings is 1. The highest BCUT2D eigenvalue weighted by molar-refractivity contribution is 5.76. The molecule has 21 heavy (non-hydrogen) atoms. The summed E-state index contributed by atoms with van der Waals surface area (Å²) in [5.41, 5.74) is 4.38. The number of hydrogen-bond donors (Lipinski definition) is 2. The molecule has 0 aliphatic carbocycles. The van der Waals surface area contributed by atoms with E-state index in [1.807, 2.05) is 0 Å². The van der Waals surface area contributed by atoms with Crippen molar-refractivity contribution < 1.29 is 9.34 Å². The van der Waals surface area contributed by atoms with Crippen molar-refractivity contribution in [3.63, 3.8) is 0 Å². The van der Waals surface area contributed by atoms with Gasteiger partial charge in [0.05, 0.1) is 10.6 Å². The minimum Gasteiger partial charge on any atom is -0.417 e. The number of nitrogens with zero attached hydrogens (tertiary/aromatic N) is 4. The molecule has 0 spiro atoms. The summed E-state index contributed by atoms with van der Waals surface area (Å²) in [6.45, 7) is 1.76. The Balaban J connectivity index is 2.08. The Kier molecular flexibility index (Phi) is 2.95. The number of benzene rings is 1. The van der Waals surface area contributed by atoms with Gasteiger partial charge in [0.1, 0.15) is 0 Å². The first kappa shape index (κ1) is 12.9. The Morgan fingerprint density at radius 1 is 1.24 bits per heavy atom. The smallest absolute Gasteiger partial charge is 0.269 e. The number of non-ortho nitro benzene ring substituents is 1. The van der Waals surface area contributed by atoms with Gasteiger partial charge in [0.2, 0.25) is 11.8 Å². The number of nitrogens with one attached hydrogen (secondary N) is 1. The molecule has 0 bridgehead atoms. The third-order valence-corrected chi connectivity index (χ3v) is 2.89. The van der Waals surface area contributed by atoms with Crippen molar-refractivity contribution >= 4 is 22.9 Å². The van der Waals surface area contributed by atoms with Crippen molar-refractivity contribution in [2.24, 2.45) is 5.84 Å². The van der Waals surface area contributed by atoms with E-state index in [-0.39, 0.29) is 11.6 Å². The van der Waals surface area contributed by atoms with Crippen molar-refractivity contribution in [1.29, 1.82) is 0 Å². The molecule has 0 unspecified atom stereocenters. The fourth-order valence-corrected chi connectivity index (χ4v) is 1.87. The quantitative estimate of drug-likeness (QED) is 0.423. The van der Waals surface area contributed by atoms with Crippen LogP contribution in [-0.2, 0) is 0 Å². The van der Waals surface area contributed by atoms with Gasteiger partial charge >= 0.3 is 0 Å². The van der Waals surface area contributed by atoms with Crippen LogP contribution in [0.4, 0.5) is 11.6 Å². The molecule has 3 N–H and O–H groups in total. The lowest BCUT2D eigenvalue weighted by molar-refractivity contribution is -0.384. The molecule has 2 aromatic heterocycles. The lowest BCUT2D eigenvalue weighted by Gasteiger charge is -1.97. The summed E-state index contributed by atoms with van der Waals surface area (Å²) in [6, 6.07) is 5.90. The molecule has 3 rings (SSSR count). The fourth-order valence-electron chi connectivity index (χ4n) is 1.87. The van der Waals surface area contributed by atoms with Gasteiger partial charge < -0.3 is 4.42 Å². The van der Waals surface area contributed by atoms with E-state index in [9.17, 15) is 10.1 Å². The highest BCUT2D eigenvalue weighted by Crippen LogP contribution is 2.26. The zero-order valence-electron chi connectivity index (χ0n) is 10.9. The van der Waals surface area contributed by atoms with Gasteiger partial charge in [-0.05, 0) is 19.1 Å². The van der Waals surface area contributed by atoms with Gasteiger partial charge in [0, 0.05) is 17.7 Å². The molecule has 3 aromatic rings. The molecule has 0 amide bonds. The molecule has 9 nitrogen and oxygen atoms in total. The van der Waals surface area contributed by atoms with Gasteiger partial charge in [-0.2, -0.15) is 4.98 Å². The number of aryl methyl sites for hydroxylation is 1. The van der Waals surface area contributed by atoms with Crippen molar-refractivity contribution in [2.75, 3.05) is 5.43 Å². The Morgan fingerprint density at radius 3 is 2.57 bits per heavy atom. The molecule has 0 saturated heterocycles. The maximum atomic E-state index is 10.6. The summed E-state index contributed by atoms with van der Waals surface area (Å²) in [5.74, 6) is 5.81. The average molecular weight is 286 g/mol. The summed E-state index contributed by atoms with van der Waals surface area (Å²) < 4.78 is 5.55. The Hall–Kier alpha value is -3.07. The molecule has 1 aromatic carbocycles. The lowest BCUT2D eigenvalue weighted by Crippen LogP contribution is -2.10. The van der Waals surface area contributed by atoms with Crippen LogP contribution in [-0.4, -0.2) is 19.9 Å². The van der Waals surface area contributed by atoms with Crippen LogP contribution >= 0.6 is 0 Å². The summed E-state index contributed by atoms with van der Waals surface area (Å²) >= 11 is 0. The maximum Gasteiger partial charge on any atom is 0.269 e. The number of anilines is 1. The predicted octanol–water partition coefficient (Wildman–Crippen LogP) is 1.79. The van der Waals surface area contributed by atoms with Crippen molar-refractivity contribution in [2.45, 2.75) is 6.92 Å². The number of nitrogens with two attached hydrogens (primary N) is 1. The second-order valence-electron chi connectivity index (χ2n) is 4.25.